The van der Waals surface area contributed by atoms with E-state index >= 15 is 0 Å². The zero-order valence-electron chi connectivity index (χ0n) is 15.9. The molecule has 0 aromatic heterocycles. The van der Waals surface area contributed by atoms with Crippen LogP contribution in [0.4, 0.5) is 17.6 Å². The Morgan fingerprint density at radius 1 is 1.00 bits per heavy atom. The number of hydrogen-bond acceptors (Lipinski definition) is 3. The fourth-order valence-electron chi connectivity index (χ4n) is 2.49. The summed E-state index contributed by atoms with van der Waals surface area (Å²) in [5, 5.41) is 5.80. The number of nitrogens with zero attached hydrogens (tertiary/aromatic N) is 1. The average molecular weight is 431 g/mol. The molecule has 0 amide bonds. The molecular weight excluding hydrogens is 410 g/mol. The van der Waals surface area contributed by atoms with Crippen molar-refractivity contribution < 1.29 is 26.0 Å². The van der Waals surface area contributed by atoms with Crippen molar-refractivity contribution in [3.05, 3.63) is 64.7 Å². The zero-order chi connectivity index (χ0) is 21.6. The van der Waals surface area contributed by atoms with E-state index < -0.39 is 45.2 Å². The van der Waals surface area contributed by atoms with Gasteiger partial charge in [0, 0.05) is 25.4 Å². The molecule has 0 saturated heterocycles. The van der Waals surface area contributed by atoms with E-state index in [2.05, 4.69) is 15.6 Å². The minimum atomic E-state index is -3.27. The summed E-state index contributed by atoms with van der Waals surface area (Å²) in [5.74, 6) is -5.71. The van der Waals surface area contributed by atoms with E-state index in [1.54, 1.807) is 19.1 Å². The molecule has 0 bridgehead atoms. The second-order valence-electron chi connectivity index (χ2n) is 6.23. The van der Waals surface area contributed by atoms with Crippen LogP contribution in [-0.2, 0) is 22.8 Å². The first kappa shape index (κ1) is 22.7. The number of halogens is 4. The Kier molecular flexibility index (Phi) is 7.60. The summed E-state index contributed by atoms with van der Waals surface area (Å²) in [5.41, 5.74) is 0.0705. The largest absolute Gasteiger partial charge is 0.357 e. The quantitative estimate of drug-likeness (QED) is 0.306. The van der Waals surface area contributed by atoms with Gasteiger partial charge in [-0.2, -0.15) is 0 Å². The van der Waals surface area contributed by atoms with Gasteiger partial charge in [-0.3, -0.25) is 0 Å². The number of benzene rings is 2. The van der Waals surface area contributed by atoms with E-state index in [-0.39, 0.29) is 16.9 Å². The number of rotatable bonds is 7. The molecule has 0 fully saturated rings. The van der Waals surface area contributed by atoms with Gasteiger partial charge in [0.25, 0.3) is 0 Å². The van der Waals surface area contributed by atoms with Crippen LogP contribution in [0.25, 0.3) is 0 Å². The highest BCUT2D eigenvalue weighted by Gasteiger charge is 2.18. The molecule has 5 nitrogen and oxygen atoms in total. The second-order valence-corrected chi connectivity index (χ2v) is 8.25. The molecule has 2 aromatic carbocycles. The first-order valence-corrected chi connectivity index (χ1v) is 10.7. The highest BCUT2D eigenvalue weighted by molar-refractivity contribution is 7.90. The minimum Gasteiger partial charge on any atom is -0.357 e. The van der Waals surface area contributed by atoms with E-state index in [0.717, 1.165) is 11.8 Å². The Hall–Kier alpha value is -2.62. The van der Waals surface area contributed by atoms with E-state index in [9.17, 15) is 26.0 Å². The molecule has 0 aliphatic heterocycles. The third kappa shape index (κ3) is 6.18. The molecule has 2 rings (SSSR count). The molecule has 0 aliphatic rings. The molecule has 0 atom stereocenters. The zero-order valence-corrected chi connectivity index (χ0v) is 16.7. The predicted molar refractivity (Wildman–Crippen MR) is 102 cm³/mol. The second kappa shape index (κ2) is 9.73. The molecule has 0 aliphatic carbocycles. The van der Waals surface area contributed by atoms with Crippen molar-refractivity contribution in [1.82, 2.24) is 10.6 Å². The maximum absolute atomic E-state index is 13.7. The van der Waals surface area contributed by atoms with Gasteiger partial charge in [-0.05, 0) is 31.0 Å². The van der Waals surface area contributed by atoms with Gasteiger partial charge < -0.3 is 10.6 Å². The van der Waals surface area contributed by atoms with Crippen LogP contribution in [0.15, 0.2) is 40.2 Å². The molecule has 158 valence electrons. The lowest BCUT2D eigenvalue weighted by Gasteiger charge is -2.12. The van der Waals surface area contributed by atoms with Crippen LogP contribution in [0.1, 0.15) is 18.1 Å². The molecule has 2 N–H and O–H groups in total. The topological polar surface area (TPSA) is 70.6 Å². The lowest BCUT2D eigenvalue weighted by atomic mass is 10.1. The van der Waals surface area contributed by atoms with Gasteiger partial charge in [0.05, 0.1) is 17.0 Å². The molecular formula is C19H21F4N3O2S. The summed E-state index contributed by atoms with van der Waals surface area (Å²) < 4.78 is 77.0. The molecule has 0 unspecified atom stereocenters. The van der Waals surface area contributed by atoms with Crippen molar-refractivity contribution in [3.63, 3.8) is 0 Å². The van der Waals surface area contributed by atoms with E-state index in [1.807, 2.05) is 0 Å². The first-order valence-electron chi connectivity index (χ1n) is 8.76. The van der Waals surface area contributed by atoms with Crippen molar-refractivity contribution in [1.29, 1.82) is 0 Å². The normalized spacial score (nSPS) is 12.1. The summed E-state index contributed by atoms with van der Waals surface area (Å²) >= 11 is 0. The summed E-state index contributed by atoms with van der Waals surface area (Å²) in [4.78, 5) is 4.19. The third-order valence-electron chi connectivity index (χ3n) is 4.00. The van der Waals surface area contributed by atoms with Crippen LogP contribution in [0.5, 0.6) is 0 Å². The molecule has 29 heavy (non-hydrogen) atoms. The summed E-state index contributed by atoms with van der Waals surface area (Å²) in [6.45, 7) is 2.03. The lowest BCUT2D eigenvalue weighted by Crippen LogP contribution is -2.38. The van der Waals surface area contributed by atoms with Crippen molar-refractivity contribution in [2.45, 2.75) is 24.8 Å². The van der Waals surface area contributed by atoms with Crippen molar-refractivity contribution in [2.75, 3.05) is 19.3 Å². The molecule has 2 aromatic rings. The smallest absolute Gasteiger partial charge is 0.191 e. The Morgan fingerprint density at radius 3 is 2.10 bits per heavy atom. The summed E-state index contributed by atoms with van der Waals surface area (Å²) in [6.07, 6.45) is 1.64. The average Bonchev–Trinajstić information content (AvgIpc) is 2.66. The minimum absolute atomic E-state index is 0.149. The van der Waals surface area contributed by atoms with Gasteiger partial charge in [0.2, 0.25) is 0 Å². The summed E-state index contributed by atoms with van der Waals surface area (Å²) in [6, 6.07) is 6.53. The number of nitrogens with one attached hydrogen (secondary N) is 2. The third-order valence-corrected chi connectivity index (χ3v) is 5.13. The van der Waals surface area contributed by atoms with Crippen LogP contribution < -0.4 is 10.6 Å². The van der Waals surface area contributed by atoms with Crippen LogP contribution >= 0.6 is 0 Å². The van der Waals surface area contributed by atoms with Gasteiger partial charge in [-0.1, -0.05) is 12.1 Å². The Labute approximate surface area is 166 Å². The van der Waals surface area contributed by atoms with Gasteiger partial charge in [0.15, 0.2) is 39.1 Å². The van der Waals surface area contributed by atoms with Crippen LogP contribution in [-0.4, -0.2) is 33.7 Å². The number of sulfone groups is 1. The van der Waals surface area contributed by atoms with Crippen LogP contribution in [0.2, 0.25) is 0 Å². The van der Waals surface area contributed by atoms with Crippen molar-refractivity contribution in [2.24, 2.45) is 4.99 Å². The predicted octanol–water partition coefficient (Wildman–Crippen LogP) is 2.94. The first-order chi connectivity index (χ1) is 13.6. The van der Waals surface area contributed by atoms with Crippen LogP contribution in [0.3, 0.4) is 0 Å². The van der Waals surface area contributed by atoms with Gasteiger partial charge >= 0.3 is 0 Å². The SMILES string of the molecule is CCNC(=NCc1c(F)c(F)cc(F)c1F)NCCc1ccc(S(C)(=O)=O)cc1. The van der Waals surface area contributed by atoms with Gasteiger partial charge in [-0.15, -0.1) is 0 Å². The van der Waals surface area contributed by atoms with Gasteiger partial charge in [-0.25, -0.2) is 31.0 Å². The fourth-order valence-corrected chi connectivity index (χ4v) is 3.12. The number of aliphatic imine (C=N–C) groups is 1. The maximum Gasteiger partial charge on any atom is 0.191 e. The molecule has 0 heterocycles. The number of hydrogen-bond donors (Lipinski definition) is 2. The van der Waals surface area contributed by atoms with E-state index in [0.29, 0.717) is 19.5 Å². The molecule has 0 saturated carbocycles. The van der Waals surface area contributed by atoms with Crippen molar-refractivity contribution >= 4 is 15.8 Å². The molecule has 0 radical (unpaired) electrons. The standard InChI is InChI=1S/C19H21F4N3O2S/c1-3-24-19(26-11-14-17(22)15(20)10-16(21)18(14)23)25-9-8-12-4-6-13(7-5-12)29(2,27)28/h4-7,10H,3,8-9,11H2,1-2H3,(H2,24,25,26). The van der Waals surface area contributed by atoms with E-state index in [4.69, 9.17) is 0 Å². The monoisotopic (exact) mass is 431 g/mol. The Balaban J connectivity index is 2.03. The number of guanidine groups is 1. The lowest BCUT2D eigenvalue weighted by molar-refractivity contribution is 0.439. The fraction of sp³-hybridized carbons (Fsp3) is 0.316. The maximum atomic E-state index is 13.7. The Bertz CT molecular complexity index is 967. The molecule has 0 spiro atoms. The van der Waals surface area contributed by atoms with Gasteiger partial charge in [0.1, 0.15) is 0 Å². The highest BCUT2D eigenvalue weighted by Crippen LogP contribution is 2.20. The van der Waals surface area contributed by atoms with Crippen LogP contribution in [0, 0.1) is 23.3 Å². The van der Waals surface area contributed by atoms with E-state index in [1.165, 1.54) is 12.1 Å². The highest BCUT2D eigenvalue weighted by atomic mass is 32.2. The summed E-state index contributed by atoms with van der Waals surface area (Å²) in [7, 11) is -3.27. The molecule has 10 heteroatoms. The Morgan fingerprint density at radius 2 is 1.59 bits per heavy atom. The van der Waals surface area contributed by atoms with Crippen molar-refractivity contribution in [3.8, 4) is 0 Å².